The summed E-state index contributed by atoms with van der Waals surface area (Å²) < 4.78 is 0. The summed E-state index contributed by atoms with van der Waals surface area (Å²) in [6.45, 7) is 2.57. The molecule has 0 saturated heterocycles. The molecule has 2 N–H and O–H groups in total. The van der Waals surface area contributed by atoms with Crippen LogP contribution in [0, 0.1) is 11.3 Å². The SMILES string of the molecule is CCNc1nc(C#N)nc(Nc2ccccc2Cl)n1. The third-order valence-electron chi connectivity index (χ3n) is 2.19. The van der Waals surface area contributed by atoms with E-state index in [0.717, 1.165) is 0 Å². The van der Waals surface area contributed by atoms with Crippen molar-refractivity contribution in [3.63, 3.8) is 0 Å². The molecule has 0 saturated carbocycles. The van der Waals surface area contributed by atoms with Crippen LogP contribution in [0.1, 0.15) is 12.7 Å². The lowest BCUT2D eigenvalue weighted by atomic mass is 10.3. The first-order valence-corrected chi connectivity index (χ1v) is 6.02. The van der Waals surface area contributed by atoms with Crippen molar-refractivity contribution in [1.29, 1.82) is 5.26 Å². The first kappa shape index (κ1) is 13.1. The second-order valence-electron chi connectivity index (χ2n) is 3.55. The zero-order valence-corrected chi connectivity index (χ0v) is 10.9. The van der Waals surface area contributed by atoms with Gasteiger partial charge in [0, 0.05) is 6.54 Å². The molecule has 2 aromatic rings. The highest BCUT2D eigenvalue weighted by molar-refractivity contribution is 6.33. The molecule has 1 aromatic carbocycles. The molecule has 1 aromatic heterocycles. The van der Waals surface area contributed by atoms with Crippen molar-refractivity contribution in [2.75, 3.05) is 17.2 Å². The molecule has 0 unspecified atom stereocenters. The number of aromatic nitrogens is 3. The van der Waals surface area contributed by atoms with Crippen molar-refractivity contribution in [1.82, 2.24) is 15.0 Å². The first-order chi connectivity index (χ1) is 9.22. The van der Waals surface area contributed by atoms with Crippen LogP contribution in [0.5, 0.6) is 0 Å². The van der Waals surface area contributed by atoms with Crippen LogP contribution in [-0.4, -0.2) is 21.5 Å². The Balaban J connectivity index is 2.32. The maximum absolute atomic E-state index is 8.89. The van der Waals surface area contributed by atoms with Crippen LogP contribution in [0.15, 0.2) is 24.3 Å². The van der Waals surface area contributed by atoms with Crippen molar-refractivity contribution in [3.8, 4) is 6.07 Å². The summed E-state index contributed by atoms with van der Waals surface area (Å²) in [7, 11) is 0. The Hall–Kier alpha value is -2.39. The molecule has 0 aliphatic rings. The van der Waals surface area contributed by atoms with Gasteiger partial charge in [0.1, 0.15) is 6.07 Å². The summed E-state index contributed by atoms with van der Waals surface area (Å²) in [4.78, 5) is 12.1. The molecule has 2 rings (SSSR count). The highest BCUT2D eigenvalue weighted by atomic mass is 35.5. The lowest BCUT2D eigenvalue weighted by Crippen LogP contribution is -2.08. The number of rotatable bonds is 4. The lowest BCUT2D eigenvalue weighted by Gasteiger charge is -2.08. The fraction of sp³-hybridized carbons (Fsp3) is 0.167. The van der Waals surface area contributed by atoms with Gasteiger partial charge >= 0.3 is 0 Å². The summed E-state index contributed by atoms with van der Waals surface area (Å²) in [6, 6.07) is 9.10. The number of nitrogens with zero attached hydrogens (tertiary/aromatic N) is 4. The summed E-state index contributed by atoms with van der Waals surface area (Å²) in [5.41, 5.74) is 0.668. The Morgan fingerprint density at radius 2 is 1.95 bits per heavy atom. The molecule has 6 nitrogen and oxygen atoms in total. The number of anilines is 3. The van der Waals surface area contributed by atoms with Gasteiger partial charge in [0.25, 0.3) is 0 Å². The summed E-state index contributed by atoms with van der Waals surface area (Å²) >= 11 is 6.03. The van der Waals surface area contributed by atoms with E-state index in [1.54, 1.807) is 12.1 Å². The lowest BCUT2D eigenvalue weighted by molar-refractivity contribution is 1.000. The Labute approximate surface area is 115 Å². The Bertz CT molecular complexity index is 622. The van der Waals surface area contributed by atoms with Gasteiger partial charge in [0.05, 0.1) is 10.7 Å². The van der Waals surface area contributed by atoms with E-state index < -0.39 is 0 Å². The molecule has 0 fully saturated rings. The van der Waals surface area contributed by atoms with Gasteiger partial charge < -0.3 is 10.6 Å². The molecule has 19 heavy (non-hydrogen) atoms. The third kappa shape index (κ3) is 3.30. The standard InChI is InChI=1S/C12H11ClN6/c1-2-15-11-17-10(7-14)18-12(19-11)16-9-6-4-3-5-8(9)13/h3-6H,2H2,1H3,(H2,15,16,17,18,19). The number of hydrogen-bond donors (Lipinski definition) is 2. The first-order valence-electron chi connectivity index (χ1n) is 5.64. The largest absolute Gasteiger partial charge is 0.354 e. The average molecular weight is 275 g/mol. The van der Waals surface area contributed by atoms with Gasteiger partial charge in [-0.1, -0.05) is 23.7 Å². The molecule has 96 valence electrons. The number of halogens is 1. The van der Waals surface area contributed by atoms with E-state index in [4.69, 9.17) is 16.9 Å². The predicted molar refractivity (Wildman–Crippen MR) is 73.4 cm³/mol. The fourth-order valence-electron chi connectivity index (χ4n) is 1.40. The van der Waals surface area contributed by atoms with Crippen LogP contribution in [0.3, 0.4) is 0 Å². The van der Waals surface area contributed by atoms with Crippen molar-refractivity contribution in [2.24, 2.45) is 0 Å². The number of nitrogens with one attached hydrogen (secondary N) is 2. The quantitative estimate of drug-likeness (QED) is 0.891. The number of hydrogen-bond acceptors (Lipinski definition) is 6. The molecule has 1 heterocycles. The van der Waals surface area contributed by atoms with E-state index in [1.807, 2.05) is 25.1 Å². The van der Waals surface area contributed by atoms with E-state index in [0.29, 0.717) is 23.2 Å². The monoisotopic (exact) mass is 274 g/mol. The number of benzene rings is 1. The Kier molecular flexibility index (Phi) is 4.11. The van der Waals surface area contributed by atoms with E-state index >= 15 is 0 Å². The van der Waals surface area contributed by atoms with Crippen LogP contribution in [0.25, 0.3) is 0 Å². The van der Waals surface area contributed by atoms with Crippen molar-refractivity contribution in [2.45, 2.75) is 6.92 Å². The van der Waals surface area contributed by atoms with Gasteiger partial charge in [0.15, 0.2) is 0 Å². The molecule has 0 atom stereocenters. The van der Waals surface area contributed by atoms with Crippen LogP contribution < -0.4 is 10.6 Å². The van der Waals surface area contributed by atoms with Crippen molar-refractivity contribution >= 4 is 29.2 Å². The minimum absolute atomic E-state index is 0.0421. The van der Waals surface area contributed by atoms with Gasteiger partial charge in [-0.2, -0.15) is 20.2 Å². The second kappa shape index (κ2) is 5.98. The number of nitriles is 1. The van der Waals surface area contributed by atoms with Gasteiger partial charge in [-0.25, -0.2) is 0 Å². The molecule has 7 heteroatoms. The van der Waals surface area contributed by atoms with E-state index in [1.165, 1.54) is 0 Å². The normalized spacial score (nSPS) is 9.74. The maximum Gasteiger partial charge on any atom is 0.238 e. The molecule has 0 aliphatic carbocycles. The minimum atomic E-state index is 0.0421. The molecule has 0 spiro atoms. The zero-order valence-electron chi connectivity index (χ0n) is 10.2. The smallest absolute Gasteiger partial charge is 0.238 e. The van der Waals surface area contributed by atoms with E-state index in [2.05, 4.69) is 25.6 Å². The summed E-state index contributed by atoms with van der Waals surface area (Å²) in [5, 5.41) is 15.3. The third-order valence-corrected chi connectivity index (χ3v) is 2.52. The highest BCUT2D eigenvalue weighted by Crippen LogP contribution is 2.23. The average Bonchev–Trinajstić information content (AvgIpc) is 2.41. The van der Waals surface area contributed by atoms with Gasteiger partial charge in [-0.3, -0.25) is 0 Å². The summed E-state index contributed by atoms with van der Waals surface area (Å²) in [5.74, 6) is 0.666. The van der Waals surface area contributed by atoms with Gasteiger partial charge in [0.2, 0.25) is 17.7 Å². The molecule has 0 aliphatic heterocycles. The topological polar surface area (TPSA) is 86.5 Å². The van der Waals surface area contributed by atoms with Crippen LogP contribution in [0.4, 0.5) is 17.6 Å². The summed E-state index contributed by atoms with van der Waals surface area (Å²) in [6.07, 6.45) is 0. The number of para-hydroxylation sites is 1. The van der Waals surface area contributed by atoms with Crippen LogP contribution in [-0.2, 0) is 0 Å². The molecule has 0 bridgehead atoms. The van der Waals surface area contributed by atoms with E-state index in [9.17, 15) is 0 Å². The molecule has 0 amide bonds. The van der Waals surface area contributed by atoms with Gasteiger partial charge in [-0.15, -0.1) is 0 Å². The molecular weight excluding hydrogens is 264 g/mol. The van der Waals surface area contributed by atoms with Crippen LogP contribution >= 0.6 is 11.6 Å². The fourth-order valence-corrected chi connectivity index (χ4v) is 1.59. The van der Waals surface area contributed by atoms with Gasteiger partial charge in [-0.05, 0) is 19.1 Å². The van der Waals surface area contributed by atoms with E-state index in [-0.39, 0.29) is 11.8 Å². The second-order valence-corrected chi connectivity index (χ2v) is 3.96. The highest BCUT2D eigenvalue weighted by Gasteiger charge is 2.07. The Morgan fingerprint density at radius 1 is 1.21 bits per heavy atom. The van der Waals surface area contributed by atoms with Crippen LogP contribution in [0.2, 0.25) is 5.02 Å². The van der Waals surface area contributed by atoms with Crippen molar-refractivity contribution < 1.29 is 0 Å². The molecular formula is C12H11ClN6. The predicted octanol–water partition coefficient (Wildman–Crippen LogP) is 2.57. The van der Waals surface area contributed by atoms with Crippen molar-refractivity contribution in [3.05, 3.63) is 35.1 Å². The minimum Gasteiger partial charge on any atom is -0.354 e. The zero-order chi connectivity index (χ0) is 13.7. The molecule has 0 radical (unpaired) electrons. The Morgan fingerprint density at radius 3 is 2.63 bits per heavy atom. The maximum atomic E-state index is 8.89.